The third kappa shape index (κ3) is 6.28. The van der Waals surface area contributed by atoms with Crippen molar-refractivity contribution in [1.82, 2.24) is 0 Å². The van der Waals surface area contributed by atoms with Crippen molar-refractivity contribution >= 4 is 28.3 Å². The van der Waals surface area contributed by atoms with Crippen LogP contribution < -0.4 is 8.92 Å². The normalized spacial score (nSPS) is 12.1. The van der Waals surface area contributed by atoms with E-state index in [1.807, 2.05) is 48.9 Å². The molecular weight excluding hydrogens is 464 g/mol. The first-order chi connectivity index (χ1) is 15.9. The Morgan fingerprint density at radius 3 is 1.85 bits per heavy atom. The highest BCUT2D eigenvalue weighted by Crippen LogP contribution is 2.44. The number of thioether (sulfide) groups is 1. The Morgan fingerprint density at radius 2 is 1.33 bits per heavy atom. The fraction of sp³-hybridized carbons (Fsp3) is 0.208. The summed E-state index contributed by atoms with van der Waals surface area (Å²) in [5, 5.41) is 0. The molecule has 0 aromatic heterocycles. The third-order valence-electron chi connectivity index (χ3n) is 4.76. The average Bonchev–Trinajstić information content (AvgIpc) is 3.13. The van der Waals surface area contributed by atoms with Crippen LogP contribution in [0, 0.1) is 0 Å². The lowest BCUT2D eigenvalue weighted by atomic mass is 9.98. The highest BCUT2D eigenvalue weighted by Gasteiger charge is 2.29. The molecule has 0 bridgehead atoms. The summed E-state index contributed by atoms with van der Waals surface area (Å²) in [6.07, 6.45) is 3.23. The minimum absolute atomic E-state index is 0.0248. The van der Waals surface area contributed by atoms with Crippen molar-refractivity contribution in [1.29, 1.82) is 0 Å². The number of fused-ring (bicyclic) bond motifs is 3. The average molecular weight is 489 g/mol. The Kier molecular flexibility index (Phi) is 8.37. The van der Waals surface area contributed by atoms with Crippen molar-refractivity contribution in [2.75, 3.05) is 26.2 Å². The number of hydrogen-bond donors (Lipinski definition) is 0. The van der Waals surface area contributed by atoms with E-state index in [0.717, 1.165) is 29.4 Å². The van der Waals surface area contributed by atoms with Gasteiger partial charge in [0.2, 0.25) is 0 Å². The van der Waals surface area contributed by atoms with Crippen molar-refractivity contribution in [3.05, 3.63) is 83.9 Å². The van der Waals surface area contributed by atoms with E-state index in [4.69, 9.17) is 9.47 Å². The number of ether oxygens (including phenoxy) is 2. The summed E-state index contributed by atoms with van der Waals surface area (Å²) >= 11 is 1.75. The van der Waals surface area contributed by atoms with Gasteiger partial charge in [0, 0.05) is 5.92 Å². The molecule has 0 spiro atoms. The molecule has 0 atom stereocenters. The lowest BCUT2D eigenvalue weighted by molar-refractivity contribution is 0.0964. The van der Waals surface area contributed by atoms with E-state index >= 15 is 0 Å². The summed E-state index contributed by atoms with van der Waals surface area (Å²) in [4.78, 5) is 12.2. The predicted molar refractivity (Wildman–Crippen MR) is 128 cm³/mol. The first-order valence-corrected chi connectivity index (χ1v) is 12.9. The molecule has 9 heteroatoms. The first-order valence-electron chi connectivity index (χ1n) is 9.91. The molecule has 3 aromatic rings. The zero-order chi connectivity index (χ0) is 23.8. The van der Waals surface area contributed by atoms with Crippen LogP contribution in [-0.4, -0.2) is 40.8 Å². The minimum atomic E-state index is -4.11. The summed E-state index contributed by atoms with van der Waals surface area (Å²) in [5.41, 5.74) is 4.48. The summed E-state index contributed by atoms with van der Waals surface area (Å²) in [6, 6.07) is 21.5. The monoisotopic (exact) mass is 488 g/mol. The molecule has 0 saturated carbocycles. The van der Waals surface area contributed by atoms with Gasteiger partial charge in [-0.15, -0.1) is 0 Å². The van der Waals surface area contributed by atoms with Crippen molar-refractivity contribution in [3.63, 3.8) is 0 Å². The van der Waals surface area contributed by atoms with E-state index < -0.39 is 16.6 Å². The van der Waals surface area contributed by atoms with Gasteiger partial charge in [-0.1, -0.05) is 48.5 Å². The summed E-state index contributed by atoms with van der Waals surface area (Å²) in [6.45, 7) is 0.139. The van der Waals surface area contributed by atoms with E-state index in [2.05, 4.69) is 20.5 Å². The zero-order valence-corrected chi connectivity index (χ0v) is 20.0. The van der Waals surface area contributed by atoms with Crippen molar-refractivity contribution in [2.24, 2.45) is 0 Å². The number of rotatable bonds is 6. The largest absolute Gasteiger partial charge is 0.513 e. The minimum Gasteiger partial charge on any atom is -0.433 e. The van der Waals surface area contributed by atoms with Crippen LogP contribution in [-0.2, 0) is 19.3 Å². The molecule has 0 fully saturated rings. The molecular formula is C24H24O7S2. The topological polar surface area (TPSA) is 88.1 Å². The fourth-order valence-corrected chi connectivity index (χ4v) is 3.85. The molecule has 1 aliphatic rings. The SMILES string of the molecule is COS(=O)(=O)Oc1ccc(OC(=O)OCC2c3ccccc3-c3ccccc32)cc1.CSC. The lowest BCUT2D eigenvalue weighted by Gasteiger charge is -2.14. The van der Waals surface area contributed by atoms with Gasteiger partial charge in [0.05, 0.1) is 7.11 Å². The third-order valence-corrected chi connectivity index (χ3v) is 5.56. The molecule has 7 nitrogen and oxygen atoms in total. The molecule has 0 unspecified atom stereocenters. The van der Waals surface area contributed by atoms with E-state index in [-0.39, 0.29) is 24.0 Å². The first kappa shape index (κ1) is 24.6. The molecule has 0 heterocycles. The number of benzene rings is 3. The van der Waals surface area contributed by atoms with Crippen LogP contribution in [0.15, 0.2) is 72.8 Å². The molecule has 0 radical (unpaired) electrons. The molecule has 0 N–H and O–H groups in total. The number of hydrogen-bond acceptors (Lipinski definition) is 8. The standard InChI is InChI=1S/C22H18O7S.C2H6S/c1-26-30(24,25)29-16-12-10-15(11-13-16)28-22(23)27-14-21-19-8-4-2-6-17(19)18-7-3-5-9-20(18)21;1-3-2/h2-13,21H,14H2,1H3;1-2H3. The predicted octanol–water partition coefficient (Wildman–Crippen LogP) is 5.26. The zero-order valence-electron chi connectivity index (χ0n) is 18.4. The molecule has 0 amide bonds. The number of carbonyl (C=O) groups excluding carboxylic acids is 1. The Labute approximate surface area is 198 Å². The molecule has 0 aliphatic heterocycles. The van der Waals surface area contributed by atoms with Gasteiger partial charge < -0.3 is 13.7 Å². The Morgan fingerprint density at radius 1 is 0.848 bits per heavy atom. The second kappa shape index (κ2) is 11.2. The van der Waals surface area contributed by atoms with Gasteiger partial charge in [-0.05, 0) is 59.0 Å². The Balaban J connectivity index is 0.000000968. The van der Waals surface area contributed by atoms with E-state index in [1.54, 1.807) is 11.8 Å². The van der Waals surface area contributed by atoms with Gasteiger partial charge in [0.1, 0.15) is 18.1 Å². The lowest BCUT2D eigenvalue weighted by Crippen LogP contribution is -2.16. The Bertz CT molecular complexity index is 1150. The maximum Gasteiger partial charge on any atom is 0.513 e. The van der Waals surface area contributed by atoms with E-state index in [1.165, 1.54) is 24.3 Å². The highest BCUT2D eigenvalue weighted by molar-refractivity contribution is 7.97. The fourth-order valence-electron chi connectivity index (χ4n) is 3.43. The van der Waals surface area contributed by atoms with Crippen LogP contribution in [0.1, 0.15) is 17.0 Å². The van der Waals surface area contributed by atoms with Crippen molar-refractivity contribution in [2.45, 2.75) is 5.92 Å². The van der Waals surface area contributed by atoms with Crippen LogP contribution >= 0.6 is 11.8 Å². The Hall–Kier alpha value is -3.01. The number of carbonyl (C=O) groups is 1. The smallest absolute Gasteiger partial charge is 0.433 e. The van der Waals surface area contributed by atoms with Crippen LogP contribution in [0.25, 0.3) is 11.1 Å². The van der Waals surface area contributed by atoms with Gasteiger partial charge in [-0.2, -0.15) is 20.2 Å². The maximum absolute atomic E-state index is 12.2. The summed E-state index contributed by atoms with van der Waals surface area (Å²) in [5.74, 6) is 0.145. The van der Waals surface area contributed by atoms with Crippen molar-refractivity contribution in [3.8, 4) is 22.6 Å². The molecule has 3 aromatic carbocycles. The second-order valence-electron chi connectivity index (χ2n) is 6.93. The second-order valence-corrected chi connectivity index (χ2v) is 9.06. The van der Waals surface area contributed by atoms with Crippen molar-refractivity contribution < 1.29 is 31.1 Å². The molecule has 1 aliphatic carbocycles. The van der Waals surface area contributed by atoms with Gasteiger partial charge in [0.15, 0.2) is 0 Å². The van der Waals surface area contributed by atoms with Crippen LogP contribution in [0.2, 0.25) is 0 Å². The van der Waals surface area contributed by atoms with Crippen LogP contribution in [0.3, 0.4) is 0 Å². The van der Waals surface area contributed by atoms with Crippen LogP contribution in [0.4, 0.5) is 4.79 Å². The summed E-state index contributed by atoms with van der Waals surface area (Å²) < 4.78 is 41.9. The highest BCUT2D eigenvalue weighted by atomic mass is 32.3. The quantitative estimate of drug-likeness (QED) is 0.343. The van der Waals surface area contributed by atoms with E-state index in [0.29, 0.717) is 0 Å². The molecule has 33 heavy (non-hydrogen) atoms. The molecule has 174 valence electrons. The van der Waals surface area contributed by atoms with Gasteiger partial charge in [-0.3, -0.25) is 0 Å². The van der Waals surface area contributed by atoms with Gasteiger partial charge in [0.25, 0.3) is 0 Å². The molecule has 4 rings (SSSR count). The van der Waals surface area contributed by atoms with Crippen LogP contribution in [0.5, 0.6) is 11.5 Å². The maximum atomic E-state index is 12.2. The van der Waals surface area contributed by atoms with Gasteiger partial charge in [-0.25, -0.2) is 8.98 Å². The molecule has 0 saturated heterocycles. The summed E-state index contributed by atoms with van der Waals surface area (Å²) in [7, 11) is -3.12. The van der Waals surface area contributed by atoms with E-state index in [9.17, 15) is 13.2 Å². The van der Waals surface area contributed by atoms with Gasteiger partial charge >= 0.3 is 16.6 Å².